The highest BCUT2D eigenvalue weighted by Crippen LogP contribution is 2.18. The second kappa shape index (κ2) is 6.48. The Morgan fingerprint density at radius 1 is 1.44 bits per heavy atom. The molecular weight excluding hydrogens is 268 g/mol. The van der Waals surface area contributed by atoms with Crippen molar-refractivity contribution in [1.82, 2.24) is 0 Å². The molecule has 0 aliphatic heterocycles. The quantitative estimate of drug-likeness (QED) is 0.623. The van der Waals surface area contributed by atoms with Gasteiger partial charge in [0.1, 0.15) is 0 Å². The molecule has 0 heterocycles. The Bertz CT molecular complexity index is 397. The third-order valence-electron chi connectivity index (χ3n) is 2.17. The molecular formula is C13H15BrO2. The lowest BCUT2D eigenvalue weighted by Crippen LogP contribution is -1.98. The molecule has 1 aromatic rings. The van der Waals surface area contributed by atoms with Crippen molar-refractivity contribution in [2.24, 2.45) is 0 Å². The van der Waals surface area contributed by atoms with Crippen LogP contribution < -0.4 is 0 Å². The summed E-state index contributed by atoms with van der Waals surface area (Å²) in [4.78, 5) is 11.2. The standard InChI is InChI=1S/C13H15BrO2/c1-3-10-9-12(14)7-5-11(10)6-8-13(15)16-4-2/h5-9H,3-4H2,1-2H3. The van der Waals surface area contributed by atoms with Gasteiger partial charge < -0.3 is 4.74 Å². The molecule has 16 heavy (non-hydrogen) atoms. The van der Waals surface area contributed by atoms with Crippen molar-refractivity contribution in [1.29, 1.82) is 0 Å². The van der Waals surface area contributed by atoms with Crippen LogP contribution in [0.2, 0.25) is 0 Å². The van der Waals surface area contributed by atoms with Crippen molar-refractivity contribution in [3.05, 3.63) is 39.9 Å². The molecule has 0 saturated carbocycles. The Morgan fingerprint density at radius 3 is 2.81 bits per heavy atom. The fraction of sp³-hybridized carbons (Fsp3) is 0.308. The van der Waals surface area contributed by atoms with E-state index in [1.807, 2.05) is 12.1 Å². The van der Waals surface area contributed by atoms with Crippen LogP contribution in [0.25, 0.3) is 6.08 Å². The first kappa shape index (κ1) is 13.0. The molecule has 0 aliphatic carbocycles. The topological polar surface area (TPSA) is 26.3 Å². The number of hydrogen-bond acceptors (Lipinski definition) is 2. The van der Waals surface area contributed by atoms with Crippen molar-refractivity contribution in [3.63, 3.8) is 0 Å². The fourth-order valence-electron chi connectivity index (χ4n) is 1.39. The van der Waals surface area contributed by atoms with Crippen LogP contribution in [0.4, 0.5) is 0 Å². The first-order valence-electron chi connectivity index (χ1n) is 5.30. The largest absolute Gasteiger partial charge is 0.463 e. The number of ether oxygens (including phenoxy) is 1. The van der Waals surface area contributed by atoms with Gasteiger partial charge in [0.15, 0.2) is 0 Å². The summed E-state index contributed by atoms with van der Waals surface area (Å²) in [5, 5.41) is 0. The Kier molecular flexibility index (Phi) is 5.26. The molecule has 0 radical (unpaired) electrons. The minimum absolute atomic E-state index is 0.299. The molecule has 86 valence electrons. The van der Waals surface area contributed by atoms with E-state index in [-0.39, 0.29) is 5.97 Å². The van der Waals surface area contributed by atoms with E-state index in [1.165, 1.54) is 11.6 Å². The van der Waals surface area contributed by atoms with Crippen LogP contribution in [0.15, 0.2) is 28.7 Å². The van der Waals surface area contributed by atoms with E-state index in [0.29, 0.717) is 6.61 Å². The van der Waals surface area contributed by atoms with E-state index in [9.17, 15) is 4.79 Å². The maximum Gasteiger partial charge on any atom is 0.330 e. The van der Waals surface area contributed by atoms with E-state index in [1.54, 1.807) is 13.0 Å². The number of benzene rings is 1. The first-order valence-corrected chi connectivity index (χ1v) is 6.10. The molecule has 0 aromatic heterocycles. The maximum absolute atomic E-state index is 11.2. The molecule has 0 atom stereocenters. The zero-order valence-electron chi connectivity index (χ0n) is 9.50. The van der Waals surface area contributed by atoms with Gasteiger partial charge >= 0.3 is 5.97 Å². The highest BCUT2D eigenvalue weighted by molar-refractivity contribution is 9.10. The number of carbonyl (C=O) groups is 1. The third-order valence-corrected chi connectivity index (χ3v) is 2.66. The van der Waals surface area contributed by atoms with Gasteiger partial charge in [0.2, 0.25) is 0 Å². The first-order chi connectivity index (χ1) is 7.67. The van der Waals surface area contributed by atoms with Crippen LogP contribution in [-0.4, -0.2) is 12.6 Å². The van der Waals surface area contributed by atoms with Crippen LogP contribution in [0.5, 0.6) is 0 Å². The molecule has 0 aliphatic rings. The van der Waals surface area contributed by atoms with Crippen molar-refractivity contribution < 1.29 is 9.53 Å². The zero-order valence-corrected chi connectivity index (χ0v) is 11.1. The normalized spacial score (nSPS) is 10.7. The lowest BCUT2D eigenvalue weighted by atomic mass is 10.1. The molecule has 0 spiro atoms. The van der Waals surface area contributed by atoms with E-state index in [0.717, 1.165) is 16.5 Å². The summed E-state index contributed by atoms with van der Waals surface area (Å²) in [7, 11) is 0. The van der Waals surface area contributed by atoms with Crippen molar-refractivity contribution in [3.8, 4) is 0 Å². The van der Waals surface area contributed by atoms with Gasteiger partial charge in [-0.1, -0.05) is 28.9 Å². The third kappa shape index (κ3) is 3.81. The van der Waals surface area contributed by atoms with Gasteiger partial charge in [-0.05, 0) is 42.7 Å². The molecule has 3 heteroatoms. The van der Waals surface area contributed by atoms with Gasteiger partial charge in [-0.2, -0.15) is 0 Å². The summed E-state index contributed by atoms with van der Waals surface area (Å²) >= 11 is 3.43. The van der Waals surface area contributed by atoms with E-state index < -0.39 is 0 Å². The highest BCUT2D eigenvalue weighted by atomic mass is 79.9. The molecule has 0 saturated heterocycles. The fourth-order valence-corrected chi connectivity index (χ4v) is 1.80. The zero-order chi connectivity index (χ0) is 12.0. The van der Waals surface area contributed by atoms with E-state index in [2.05, 4.69) is 28.9 Å². The molecule has 0 amide bonds. The molecule has 0 N–H and O–H groups in total. The monoisotopic (exact) mass is 282 g/mol. The minimum Gasteiger partial charge on any atom is -0.463 e. The number of aryl methyl sites for hydroxylation is 1. The molecule has 0 bridgehead atoms. The summed E-state index contributed by atoms with van der Waals surface area (Å²) in [6, 6.07) is 6.01. The van der Waals surface area contributed by atoms with Gasteiger partial charge in [-0.15, -0.1) is 0 Å². The summed E-state index contributed by atoms with van der Waals surface area (Å²) in [6.07, 6.45) is 4.19. The van der Waals surface area contributed by atoms with Crippen LogP contribution in [0.3, 0.4) is 0 Å². The van der Waals surface area contributed by atoms with Crippen LogP contribution in [0, 0.1) is 0 Å². The van der Waals surface area contributed by atoms with E-state index >= 15 is 0 Å². The Morgan fingerprint density at radius 2 is 2.19 bits per heavy atom. The average molecular weight is 283 g/mol. The predicted molar refractivity (Wildman–Crippen MR) is 69.2 cm³/mol. The number of esters is 1. The second-order valence-electron chi connectivity index (χ2n) is 3.28. The van der Waals surface area contributed by atoms with Gasteiger partial charge in [0, 0.05) is 10.5 Å². The number of hydrogen-bond donors (Lipinski definition) is 0. The molecule has 2 nitrogen and oxygen atoms in total. The Balaban J connectivity index is 2.84. The lowest BCUT2D eigenvalue weighted by molar-refractivity contribution is -0.137. The minimum atomic E-state index is -0.299. The highest BCUT2D eigenvalue weighted by Gasteiger charge is 2.00. The Labute approximate surface area is 104 Å². The number of halogens is 1. The van der Waals surface area contributed by atoms with E-state index in [4.69, 9.17) is 4.74 Å². The van der Waals surface area contributed by atoms with Crippen molar-refractivity contribution >= 4 is 28.0 Å². The lowest BCUT2D eigenvalue weighted by Gasteiger charge is -2.03. The van der Waals surface area contributed by atoms with Gasteiger partial charge in [-0.3, -0.25) is 0 Å². The van der Waals surface area contributed by atoms with Gasteiger partial charge in [-0.25, -0.2) is 4.79 Å². The van der Waals surface area contributed by atoms with Crippen LogP contribution in [0.1, 0.15) is 25.0 Å². The smallest absolute Gasteiger partial charge is 0.330 e. The maximum atomic E-state index is 11.2. The van der Waals surface area contributed by atoms with Gasteiger partial charge in [0.25, 0.3) is 0 Å². The molecule has 1 rings (SSSR count). The molecule has 0 fully saturated rings. The van der Waals surface area contributed by atoms with Gasteiger partial charge in [0.05, 0.1) is 6.61 Å². The second-order valence-corrected chi connectivity index (χ2v) is 4.20. The molecule has 1 aromatic carbocycles. The summed E-state index contributed by atoms with van der Waals surface area (Å²) in [5.74, 6) is -0.299. The SMILES string of the molecule is CCOC(=O)C=Cc1ccc(Br)cc1CC. The number of rotatable bonds is 4. The Hall–Kier alpha value is -1.09. The number of carbonyl (C=O) groups excluding carboxylic acids is 1. The summed E-state index contributed by atoms with van der Waals surface area (Å²) in [6.45, 7) is 4.29. The van der Waals surface area contributed by atoms with Crippen molar-refractivity contribution in [2.75, 3.05) is 6.61 Å². The van der Waals surface area contributed by atoms with Crippen LogP contribution >= 0.6 is 15.9 Å². The van der Waals surface area contributed by atoms with Crippen LogP contribution in [-0.2, 0) is 16.0 Å². The average Bonchev–Trinajstić information content (AvgIpc) is 2.27. The summed E-state index contributed by atoms with van der Waals surface area (Å²) in [5.41, 5.74) is 2.26. The molecule has 0 unspecified atom stereocenters. The summed E-state index contributed by atoms with van der Waals surface area (Å²) < 4.78 is 5.88. The van der Waals surface area contributed by atoms with Crippen molar-refractivity contribution in [2.45, 2.75) is 20.3 Å². The predicted octanol–water partition coefficient (Wildman–Crippen LogP) is 3.59.